The van der Waals surface area contributed by atoms with Gasteiger partial charge in [0.25, 0.3) is 0 Å². The van der Waals surface area contributed by atoms with Gasteiger partial charge in [-0.15, -0.1) is 0 Å². The van der Waals surface area contributed by atoms with Crippen LogP contribution in [0.5, 0.6) is 0 Å². The maximum Gasteiger partial charge on any atom is 0.393 e. The van der Waals surface area contributed by atoms with E-state index in [0.717, 1.165) is 32.2 Å². The fourth-order valence-corrected chi connectivity index (χ4v) is 4.24. The van der Waals surface area contributed by atoms with Gasteiger partial charge >= 0.3 is 6.18 Å². The Labute approximate surface area is 111 Å². The van der Waals surface area contributed by atoms with E-state index in [2.05, 4.69) is 5.32 Å². The van der Waals surface area contributed by atoms with E-state index < -0.39 is 12.1 Å². The van der Waals surface area contributed by atoms with Crippen LogP contribution in [0.25, 0.3) is 0 Å². The fourth-order valence-electron chi connectivity index (χ4n) is 3.04. The lowest BCUT2D eigenvalue weighted by atomic mass is 9.83. The van der Waals surface area contributed by atoms with Crippen LogP contribution in [0.3, 0.4) is 0 Å². The molecule has 0 aromatic heterocycles. The summed E-state index contributed by atoms with van der Waals surface area (Å²) in [7, 11) is 0. The number of nitrogens with one attached hydrogen (secondary N) is 1. The quantitative estimate of drug-likeness (QED) is 0.843. The largest absolute Gasteiger partial charge is 0.393 e. The highest BCUT2D eigenvalue weighted by Gasteiger charge is 2.45. The van der Waals surface area contributed by atoms with Crippen molar-refractivity contribution >= 4 is 11.8 Å². The van der Waals surface area contributed by atoms with Gasteiger partial charge in [0.15, 0.2) is 0 Å². The summed E-state index contributed by atoms with van der Waals surface area (Å²) >= 11 is 1.96. The maximum atomic E-state index is 12.9. The highest BCUT2D eigenvalue weighted by molar-refractivity contribution is 7.99. The SMILES string of the molecule is FC(F)(F)C1CCCCC1NCC1CCSCC1. The maximum absolute atomic E-state index is 12.9. The Morgan fingerprint density at radius 1 is 1.00 bits per heavy atom. The highest BCUT2D eigenvalue weighted by Crippen LogP contribution is 2.37. The minimum atomic E-state index is -4.03. The van der Waals surface area contributed by atoms with Gasteiger partial charge in [0.1, 0.15) is 0 Å². The molecule has 1 nitrogen and oxygen atoms in total. The molecule has 1 aliphatic carbocycles. The van der Waals surface area contributed by atoms with Crippen LogP contribution >= 0.6 is 11.8 Å². The van der Waals surface area contributed by atoms with Crippen molar-refractivity contribution in [3.8, 4) is 0 Å². The first-order chi connectivity index (χ1) is 8.57. The zero-order valence-corrected chi connectivity index (χ0v) is 11.5. The number of hydrogen-bond donors (Lipinski definition) is 1. The van der Waals surface area contributed by atoms with E-state index in [9.17, 15) is 13.2 Å². The number of halogens is 3. The molecule has 0 amide bonds. The van der Waals surface area contributed by atoms with Crippen LogP contribution in [-0.2, 0) is 0 Å². The van der Waals surface area contributed by atoms with Gasteiger partial charge in [-0.3, -0.25) is 0 Å². The van der Waals surface area contributed by atoms with Crippen LogP contribution in [0, 0.1) is 11.8 Å². The van der Waals surface area contributed by atoms with Gasteiger partial charge in [-0.25, -0.2) is 0 Å². The van der Waals surface area contributed by atoms with Gasteiger partial charge in [0.05, 0.1) is 5.92 Å². The Bertz CT molecular complexity index is 251. The van der Waals surface area contributed by atoms with Crippen molar-refractivity contribution in [2.45, 2.75) is 50.7 Å². The van der Waals surface area contributed by atoms with Crippen molar-refractivity contribution in [1.82, 2.24) is 5.32 Å². The lowest BCUT2D eigenvalue weighted by Gasteiger charge is -2.35. The zero-order chi connectivity index (χ0) is 13.0. The van der Waals surface area contributed by atoms with Gasteiger partial charge in [0.2, 0.25) is 0 Å². The smallest absolute Gasteiger partial charge is 0.313 e. The predicted octanol–water partition coefficient (Wildman–Crippen LogP) is 3.84. The van der Waals surface area contributed by atoms with Crippen LogP contribution in [0.2, 0.25) is 0 Å². The summed E-state index contributed by atoms with van der Waals surface area (Å²) in [6.07, 6.45) is 0.934. The van der Waals surface area contributed by atoms with E-state index in [-0.39, 0.29) is 6.04 Å². The van der Waals surface area contributed by atoms with Crippen LogP contribution in [0.4, 0.5) is 13.2 Å². The second kappa shape index (κ2) is 6.51. The monoisotopic (exact) mass is 281 g/mol. The number of alkyl halides is 3. The van der Waals surface area contributed by atoms with Crippen LogP contribution in [0.15, 0.2) is 0 Å². The molecule has 1 N–H and O–H groups in total. The number of rotatable bonds is 3. The van der Waals surface area contributed by atoms with Crippen molar-refractivity contribution in [1.29, 1.82) is 0 Å². The Kier molecular flexibility index (Phi) is 5.24. The van der Waals surface area contributed by atoms with Crippen molar-refractivity contribution < 1.29 is 13.2 Å². The molecule has 1 aliphatic heterocycles. The molecule has 1 saturated heterocycles. The molecule has 18 heavy (non-hydrogen) atoms. The third-order valence-electron chi connectivity index (χ3n) is 4.20. The first-order valence-electron chi connectivity index (χ1n) is 6.95. The van der Waals surface area contributed by atoms with E-state index in [1.54, 1.807) is 0 Å². The van der Waals surface area contributed by atoms with E-state index in [1.807, 2.05) is 11.8 Å². The topological polar surface area (TPSA) is 12.0 Å². The molecule has 0 aromatic rings. The van der Waals surface area contributed by atoms with E-state index in [1.165, 1.54) is 11.5 Å². The van der Waals surface area contributed by atoms with Crippen molar-refractivity contribution in [3.05, 3.63) is 0 Å². The normalized spacial score (nSPS) is 31.5. The molecular formula is C13H22F3NS. The van der Waals surface area contributed by atoms with Crippen molar-refractivity contribution in [3.63, 3.8) is 0 Å². The minimum Gasteiger partial charge on any atom is -0.313 e. The molecule has 2 unspecified atom stereocenters. The first kappa shape index (κ1) is 14.5. The van der Waals surface area contributed by atoms with Crippen molar-refractivity contribution in [2.75, 3.05) is 18.1 Å². The molecule has 106 valence electrons. The van der Waals surface area contributed by atoms with Crippen LogP contribution in [0.1, 0.15) is 38.5 Å². The van der Waals surface area contributed by atoms with E-state index in [4.69, 9.17) is 0 Å². The number of hydrogen-bond acceptors (Lipinski definition) is 2. The molecule has 5 heteroatoms. The Morgan fingerprint density at radius 3 is 2.33 bits per heavy atom. The molecular weight excluding hydrogens is 259 g/mol. The lowest BCUT2D eigenvalue weighted by Crippen LogP contribution is -2.47. The van der Waals surface area contributed by atoms with E-state index in [0.29, 0.717) is 18.8 Å². The molecule has 0 radical (unpaired) electrons. The molecule has 0 spiro atoms. The Hall–Kier alpha value is 0.100. The van der Waals surface area contributed by atoms with Gasteiger partial charge < -0.3 is 5.32 Å². The fraction of sp³-hybridized carbons (Fsp3) is 1.00. The minimum absolute atomic E-state index is 0.307. The standard InChI is InChI=1S/C13H22F3NS/c14-13(15,16)11-3-1-2-4-12(11)17-9-10-5-7-18-8-6-10/h10-12,17H,1-9H2. The van der Waals surface area contributed by atoms with Crippen LogP contribution < -0.4 is 5.32 Å². The summed E-state index contributed by atoms with van der Waals surface area (Å²) in [5.74, 6) is 1.80. The van der Waals surface area contributed by atoms with Gasteiger partial charge in [0, 0.05) is 6.04 Å². The second-order valence-corrected chi connectivity index (χ2v) is 6.73. The Balaban J connectivity index is 1.81. The van der Waals surface area contributed by atoms with Crippen LogP contribution in [-0.4, -0.2) is 30.3 Å². The third-order valence-corrected chi connectivity index (χ3v) is 5.24. The molecule has 1 saturated carbocycles. The summed E-state index contributed by atoms with van der Waals surface area (Å²) in [5, 5.41) is 3.22. The molecule has 2 rings (SSSR count). The van der Waals surface area contributed by atoms with Gasteiger partial charge in [-0.1, -0.05) is 12.8 Å². The van der Waals surface area contributed by atoms with Crippen molar-refractivity contribution in [2.24, 2.45) is 11.8 Å². The third kappa shape index (κ3) is 4.05. The molecule has 2 aliphatic rings. The lowest BCUT2D eigenvalue weighted by molar-refractivity contribution is -0.189. The summed E-state index contributed by atoms with van der Waals surface area (Å²) in [4.78, 5) is 0. The summed E-state index contributed by atoms with van der Waals surface area (Å²) in [6.45, 7) is 0.776. The first-order valence-corrected chi connectivity index (χ1v) is 8.10. The van der Waals surface area contributed by atoms with Gasteiger partial charge in [-0.05, 0) is 49.7 Å². The van der Waals surface area contributed by atoms with E-state index >= 15 is 0 Å². The summed E-state index contributed by atoms with van der Waals surface area (Å²) in [6, 6.07) is -0.340. The molecule has 0 aromatic carbocycles. The summed E-state index contributed by atoms with van der Waals surface area (Å²) in [5.41, 5.74) is 0. The Morgan fingerprint density at radius 2 is 1.67 bits per heavy atom. The predicted molar refractivity (Wildman–Crippen MR) is 69.9 cm³/mol. The molecule has 0 bridgehead atoms. The molecule has 2 fully saturated rings. The zero-order valence-electron chi connectivity index (χ0n) is 10.6. The molecule has 1 heterocycles. The summed E-state index contributed by atoms with van der Waals surface area (Å²) < 4.78 is 38.7. The van der Waals surface area contributed by atoms with Gasteiger partial charge in [-0.2, -0.15) is 24.9 Å². The average Bonchev–Trinajstić information content (AvgIpc) is 2.37. The second-order valence-electron chi connectivity index (χ2n) is 5.50. The average molecular weight is 281 g/mol. The highest BCUT2D eigenvalue weighted by atomic mass is 32.2. The molecule has 2 atom stereocenters. The number of thioether (sulfide) groups is 1.